The highest BCUT2D eigenvalue weighted by Crippen LogP contribution is 2.15. The summed E-state index contributed by atoms with van der Waals surface area (Å²) in [4.78, 5) is 25.4. The zero-order valence-electron chi connectivity index (χ0n) is 13.6. The number of likely N-dealkylation sites (N-methyl/N-ethyl adjacent to an activating group) is 1. The first kappa shape index (κ1) is 19.4. The first-order chi connectivity index (χ1) is 10.6. The summed E-state index contributed by atoms with van der Waals surface area (Å²) >= 11 is 0. The van der Waals surface area contributed by atoms with Crippen LogP contribution >= 0.6 is 12.4 Å². The van der Waals surface area contributed by atoms with Gasteiger partial charge in [0.1, 0.15) is 0 Å². The predicted octanol–water partition coefficient (Wildman–Crippen LogP) is 1.69. The van der Waals surface area contributed by atoms with E-state index in [1.165, 1.54) is 6.92 Å². The maximum absolute atomic E-state index is 12.1. The van der Waals surface area contributed by atoms with Crippen molar-refractivity contribution in [2.75, 3.05) is 37.3 Å². The van der Waals surface area contributed by atoms with Crippen LogP contribution < -0.4 is 16.0 Å². The van der Waals surface area contributed by atoms with E-state index in [0.29, 0.717) is 24.0 Å². The lowest BCUT2D eigenvalue weighted by Crippen LogP contribution is -2.46. The molecule has 1 unspecified atom stereocenters. The Labute approximate surface area is 143 Å². The fraction of sp³-hybridized carbons (Fsp3) is 0.500. The van der Waals surface area contributed by atoms with Crippen molar-refractivity contribution in [2.45, 2.75) is 25.8 Å². The van der Waals surface area contributed by atoms with Crippen LogP contribution in [0.3, 0.4) is 0 Å². The van der Waals surface area contributed by atoms with Gasteiger partial charge < -0.3 is 16.0 Å². The van der Waals surface area contributed by atoms with Gasteiger partial charge in [-0.2, -0.15) is 0 Å². The average Bonchev–Trinajstić information content (AvgIpc) is 2.47. The summed E-state index contributed by atoms with van der Waals surface area (Å²) in [6, 6.07) is 7.63. The molecule has 0 bridgehead atoms. The van der Waals surface area contributed by atoms with Gasteiger partial charge in [-0.05, 0) is 44.6 Å². The average molecular weight is 341 g/mol. The number of rotatable bonds is 5. The number of halogens is 1. The Hall–Kier alpha value is -1.63. The summed E-state index contributed by atoms with van der Waals surface area (Å²) < 4.78 is 0. The highest BCUT2D eigenvalue weighted by Gasteiger charge is 2.20. The number of likely N-dealkylation sites (tertiary alicyclic amines) is 1. The smallest absolute Gasteiger partial charge is 0.238 e. The lowest BCUT2D eigenvalue weighted by Gasteiger charge is -2.31. The monoisotopic (exact) mass is 340 g/mol. The summed E-state index contributed by atoms with van der Waals surface area (Å²) in [5.41, 5.74) is 1.37. The second-order valence-corrected chi connectivity index (χ2v) is 5.67. The quantitative estimate of drug-likeness (QED) is 0.762. The van der Waals surface area contributed by atoms with Crippen molar-refractivity contribution in [3.05, 3.63) is 24.3 Å². The standard InChI is InChI=1S/C16H24N4O2.ClH/c1-12(21)18-13-5-3-6-14(9-13)19-16(22)11-20-8-4-7-15(10-20)17-2;/h3,5-6,9,15,17H,4,7-8,10-11H2,1-2H3,(H,18,21)(H,19,22);1H. The summed E-state index contributed by atoms with van der Waals surface area (Å²) in [7, 11) is 1.96. The van der Waals surface area contributed by atoms with Gasteiger partial charge in [0.05, 0.1) is 6.54 Å². The number of benzene rings is 1. The van der Waals surface area contributed by atoms with Gasteiger partial charge in [-0.25, -0.2) is 0 Å². The fourth-order valence-corrected chi connectivity index (χ4v) is 2.72. The third kappa shape index (κ3) is 6.56. The van der Waals surface area contributed by atoms with Crippen molar-refractivity contribution in [2.24, 2.45) is 0 Å². The zero-order chi connectivity index (χ0) is 15.9. The SMILES string of the molecule is CNC1CCCN(CC(=O)Nc2cccc(NC(C)=O)c2)C1.Cl. The lowest BCUT2D eigenvalue weighted by atomic mass is 10.1. The molecule has 1 aliphatic rings. The lowest BCUT2D eigenvalue weighted by molar-refractivity contribution is -0.117. The first-order valence-electron chi connectivity index (χ1n) is 7.64. The second kappa shape index (κ2) is 9.50. The third-order valence-corrected chi connectivity index (χ3v) is 3.75. The van der Waals surface area contributed by atoms with E-state index in [1.54, 1.807) is 18.2 Å². The molecule has 2 rings (SSSR count). The number of nitrogens with one attached hydrogen (secondary N) is 3. The first-order valence-corrected chi connectivity index (χ1v) is 7.64. The van der Waals surface area contributed by atoms with E-state index < -0.39 is 0 Å². The number of carbonyl (C=O) groups excluding carboxylic acids is 2. The second-order valence-electron chi connectivity index (χ2n) is 5.67. The van der Waals surface area contributed by atoms with Crippen molar-refractivity contribution in [3.8, 4) is 0 Å². The molecule has 0 spiro atoms. The van der Waals surface area contributed by atoms with Crippen molar-refractivity contribution < 1.29 is 9.59 Å². The van der Waals surface area contributed by atoms with Crippen LogP contribution in [-0.2, 0) is 9.59 Å². The maximum atomic E-state index is 12.1. The molecule has 0 saturated carbocycles. The normalized spacial score (nSPS) is 17.9. The molecule has 1 atom stereocenters. The van der Waals surface area contributed by atoms with Gasteiger partial charge in [-0.1, -0.05) is 6.07 Å². The van der Waals surface area contributed by atoms with Crippen LogP contribution in [0.15, 0.2) is 24.3 Å². The highest BCUT2D eigenvalue weighted by molar-refractivity contribution is 5.94. The molecule has 7 heteroatoms. The van der Waals surface area contributed by atoms with Gasteiger partial charge in [-0.15, -0.1) is 12.4 Å². The number of carbonyl (C=O) groups is 2. The molecule has 1 saturated heterocycles. The molecule has 1 fully saturated rings. The van der Waals surface area contributed by atoms with Crippen molar-refractivity contribution in [3.63, 3.8) is 0 Å². The third-order valence-electron chi connectivity index (χ3n) is 3.75. The van der Waals surface area contributed by atoms with Crippen LogP contribution in [-0.4, -0.2) is 49.4 Å². The minimum Gasteiger partial charge on any atom is -0.326 e. The van der Waals surface area contributed by atoms with Gasteiger partial charge in [0.15, 0.2) is 0 Å². The van der Waals surface area contributed by atoms with Gasteiger partial charge in [0.2, 0.25) is 11.8 Å². The van der Waals surface area contributed by atoms with Crippen LogP contribution in [0.1, 0.15) is 19.8 Å². The minimum absolute atomic E-state index is 0. The Bertz CT molecular complexity index is 539. The van der Waals surface area contributed by atoms with Crippen LogP contribution in [0.25, 0.3) is 0 Å². The molecule has 1 heterocycles. The molecular formula is C16H25ClN4O2. The summed E-state index contributed by atoms with van der Waals surface area (Å²) in [5.74, 6) is -0.161. The molecule has 0 radical (unpaired) electrons. The van der Waals surface area contributed by atoms with Gasteiger partial charge >= 0.3 is 0 Å². The van der Waals surface area contributed by atoms with Crippen molar-refractivity contribution >= 4 is 35.6 Å². The van der Waals surface area contributed by atoms with E-state index in [1.807, 2.05) is 13.1 Å². The molecule has 0 aliphatic carbocycles. The predicted molar refractivity (Wildman–Crippen MR) is 95.1 cm³/mol. The molecule has 23 heavy (non-hydrogen) atoms. The molecule has 1 aromatic carbocycles. The number of piperidine rings is 1. The van der Waals surface area contributed by atoms with E-state index in [9.17, 15) is 9.59 Å². The largest absolute Gasteiger partial charge is 0.326 e. The van der Waals surface area contributed by atoms with Crippen LogP contribution in [0, 0.1) is 0 Å². The molecule has 0 aromatic heterocycles. The van der Waals surface area contributed by atoms with E-state index >= 15 is 0 Å². The van der Waals surface area contributed by atoms with E-state index in [0.717, 1.165) is 25.9 Å². The van der Waals surface area contributed by atoms with Crippen LogP contribution in [0.2, 0.25) is 0 Å². The zero-order valence-corrected chi connectivity index (χ0v) is 14.4. The number of hydrogen-bond donors (Lipinski definition) is 3. The van der Waals surface area contributed by atoms with Gasteiger partial charge in [-0.3, -0.25) is 14.5 Å². The molecule has 1 aromatic rings. The Morgan fingerprint density at radius 2 is 1.96 bits per heavy atom. The highest BCUT2D eigenvalue weighted by atomic mass is 35.5. The van der Waals surface area contributed by atoms with E-state index in [4.69, 9.17) is 0 Å². The maximum Gasteiger partial charge on any atom is 0.238 e. The Morgan fingerprint density at radius 1 is 1.26 bits per heavy atom. The van der Waals surface area contributed by atoms with Crippen LogP contribution in [0.4, 0.5) is 11.4 Å². The summed E-state index contributed by atoms with van der Waals surface area (Å²) in [6.07, 6.45) is 2.27. The van der Waals surface area contributed by atoms with Crippen LogP contribution in [0.5, 0.6) is 0 Å². The Kier molecular flexibility index (Phi) is 8.02. The van der Waals surface area contributed by atoms with E-state index in [2.05, 4.69) is 20.9 Å². The molecule has 6 nitrogen and oxygen atoms in total. The summed E-state index contributed by atoms with van der Waals surface area (Å²) in [6.45, 7) is 3.70. The molecule has 1 aliphatic heterocycles. The number of nitrogens with zero attached hydrogens (tertiary/aromatic N) is 1. The van der Waals surface area contributed by atoms with Gasteiger partial charge in [0, 0.05) is 30.9 Å². The fourth-order valence-electron chi connectivity index (χ4n) is 2.72. The Morgan fingerprint density at radius 3 is 2.61 bits per heavy atom. The number of hydrogen-bond acceptors (Lipinski definition) is 4. The molecule has 128 valence electrons. The summed E-state index contributed by atoms with van der Waals surface area (Å²) in [5, 5.41) is 8.86. The molecular weight excluding hydrogens is 316 g/mol. The number of anilines is 2. The van der Waals surface area contributed by atoms with Crippen molar-refractivity contribution in [1.29, 1.82) is 0 Å². The molecule has 2 amide bonds. The molecule has 3 N–H and O–H groups in total. The van der Waals surface area contributed by atoms with Crippen molar-refractivity contribution in [1.82, 2.24) is 10.2 Å². The minimum atomic E-state index is -0.130. The van der Waals surface area contributed by atoms with Gasteiger partial charge in [0.25, 0.3) is 0 Å². The van der Waals surface area contributed by atoms with E-state index in [-0.39, 0.29) is 24.2 Å². The Balaban J connectivity index is 0.00000264. The number of amides is 2. The topological polar surface area (TPSA) is 73.5 Å².